The first-order valence-electron chi connectivity index (χ1n) is 6.04. The molecule has 0 bridgehead atoms. The number of rotatable bonds is 3. The molecule has 0 spiro atoms. The fourth-order valence-corrected chi connectivity index (χ4v) is 2.91. The standard InChI is InChI=1S/C15H14N2OS/c1-18-12-5-3-11(4-6-12)15-17-13-8-10(9-16)2-7-14(13)19-15/h2-8H,9,16H2,1H3. The minimum atomic E-state index is 0.547. The van der Waals surface area contributed by atoms with Crippen LogP contribution in [0.1, 0.15) is 5.56 Å². The van der Waals surface area contributed by atoms with E-state index in [2.05, 4.69) is 23.2 Å². The quantitative estimate of drug-likeness (QED) is 0.793. The molecule has 96 valence electrons. The topological polar surface area (TPSA) is 48.1 Å². The summed E-state index contributed by atoms with van der Waals surface area (Å²) in [6.07, 6.45) is 0. The molecule has 0 fully saturated rings. The van der Waals surface area contributed by atoms with Crippen LogP contribution >= 0.6 is 11.3 Å². The number of benzene rings is 2. The monoisotopic (exact) mass is 270 g/mol. The van der Waals surface area contributed by atoms with E-state index in [1.165, 1.54) is 4.70 Å². The van der Waals surface area contributed by atoms with Gasteiger partial charge in [0.05, 0.1) is 17.3 Å². The molecule has 0 saturated carbocycles. The van der Waals surface area contributed by atoms with Crippen molar-refractivity contribution in [2.24, 2.45) is 5.73 Å². The van der Waals surface area contributed by atoms with Crippen molar-refractivity contribution in [1.29, 1.82) is 0 Å². The Hall–Kier alpha value is -1.91. The van der Waals surface area contributed by atoms with Crippen molar-refractivity contribution in [3.05, 3.63) is 48.0 Å². The summed E-state index contributed by atoms with van der Waals surface area (Å²) < 4.78 is 6.35. The molecule has 2 aromatic carbocycles. The second-order valence-corrected chi connectivity index (χ2v) is 5.28. The number of ether oxygens (including phenoxy) is 1. The Morgan fingerprint density at radius 3 is 2.63 bits per heavy atom. The molecule has 19 heavy (non-hydrogen) atoms. The van der Waals surface area contributed by atoms with Gasteiger partial charge in [-0.25, -0.2) is 4.98 Å². The van der Waals surface area contributed by atoms with Crippen molar-refractivity contribution in [1.82, 2.24) is 4.98 Å². The van der Waals surface area contributed by atoms with E-state index in [1.807, 2.05) is 24.3 Å². The highest BCUT2D eigenvalue weighted by Crippen LogP contribution is 2.31. The van der Waals surface area contributed by atoms with Crippen LogP contribution in [0, 0.1) is 0 Å². The molecule has 3 nitrogen and oxygen atoms in total. The number of hydrogen-bond donors (Lipinski definition) is 1. The maximum Gasteiger partial charge on any atom is 0.124 e. The molecule has 0 atom stereocenters. The summed E-state index contributed by atoms with van der Waals surface area (Å²) in [7, 11) is 1.67. The first-order valence-corrected chi connectivity index (χ1v) is 6.86. The third kappa shape index (κ3) is 2.32. The Kier molecular flexibility index (Phi) is 3.19. The smallest absolute Gasteiger partial charge is 0.124 e. The van der Waals surface area contributed by atoms with Crippen molar-refractivity contribution in [3.63, 3.8) is 0 Å². The average molecular weight is 270 g/mol. The number of methoxy groups -OCH3 is 1. The number of nitrogens with zero attached hydrogens (tertiary/aromatic N) is 1. The van der Waals surface area contributed by atoms with E-state index in [9.17, 15) is 0 Å². The molecule has 0 amide bonds. The van der Waals surface area contributed by atoms with Crippen molar-refractivity contribution in [3.8, 4) is 16.3 Å². The minimum absolute atomic E-state index is 0.547. The van der Waals surface area contributed by atoms with Crippen LogP contribution in [0.4, 0.5) is 0 Å². The second-order valence-electron chi connectivity index (χ2n) is 4.25. The Morgan fingerprint density at radius 1 is 1.16 bits per heavy atom. The summed E-state index contributed by atoms with van der Waals surface area (Å²) in [6.45, 7) is 0.547. The summed E-state index contributed by atoms with van der Waals surface area (Å²) in [5.74, 6) is 0.857. The maximum atomic E-state index is 5.65. The molecular weight excluding hydrogens is 256 g/mol. The van der Waals surface area contributed by atoms with Gasteiger partial charge in [-0.15, -0.1) is 11.3 Å². The summed E-state index contributed by atoms with van der Waals surface area (Å²) in [5.41, 5.74) is 8.88. The second kappa shape index (κ2) is 4.99. The molecule has 4 heteroatoms. The number of hydrogen-bond acceptors (Lipinski definition) is 4. The molecule has 0 aliphatic carbocycles. The van der Waals surface area contributed by atoms with E-state index in [0.717, 1.165) is 27.4 Å². The Bertz CT molecular complexity index is 704. The predicted molar refractivity (Wildman–Crippen MR) is 79.5 cm³/mol. The first-order chi connectivity index (χ1) is 9.30. The number of fused-ring (bicyclic) bond motifs is 1. The van der Waals surface area contributed by atoms with Gasteiger partial charge in [-0.1, -0.05) is 6.07 Å². The molecular formula is C15H14N2OS. The molecule has 0 aliphatic rings. The summed E-state index contributed by atoms with van der Waals surface area (Å²) in [6, 6.07) is 14.2. The lowest BCUT2D eigenvalue weighted by Gasteiger charge is -1.99. The molecule has 0 radical (unpaired) electrons. The molecule has 0 aliphatic heterocycles. The summed E-state index contributed by atoms with van der Waals surface area (Å²) in [4.78, 5) is 4.67. The Balaban J connectivity index is 2.04. The molecule has 0 saturated heterocycles. The molecule has 1 heterocycles. The van der Waals surface area contributed by atoms with Gasteiger partial charge >= 0.3 is 0 Å². The third-order valence-electron chi connectivity index (χ3n) is 3.02. The molecule has 1 aromatic heterocycles. The largest absolute Gasteiger partial charge is 0.497 e. The zero-order valence-electron chi connectivity index (χ0n) is 10.6. The van der Waals surface area contributed by atoms with Crippen LogP contribution < -0.4 is 10.5 Å². The van der Waals surface area contributed by atoms with Crippen LogP contribution in [0.3, 0.4) is 0 Å². The van der Waals surface area contributed by atoms with Gasteiger partial charge in [0.2, 0.25) is 0 Å². The highest BCUT2D eigenvalue weighted by molar-refractivity contribution is 7.21. The van der Waals surface area contributed by atoms with Crippen LogP contribution in [0.5, 0.6) is 5.75 Å². The number of nitrogens with two attached hydrogens (primary N) is 1. The van der Waals surface area contributed by atoms with E-state index in [0.29, 0.717) is 6.54 Å². The fraction of sp³-hybridized carbons (Fsp3) is 0.133. The SMILES string of the molecule is COc1ccc(-c2nc3cc(CN)ccc3s2)cc1. The lowest BCUT2D eigenvalue weighted by molar-refractivity contribution is 0.415. The summed E-state index contributed by atoms with van der Waals surface area (Å²) in [5, 5.41) is 1.02. The van der Waals surface area contributed by atoms with E-state index < -0.39 is 0 Å². The Morgan fingerprint density at radius 2 is 1.95 bits per heavy atom. The highest BCUT2D eigenvalue weighted by Gasteiger charge is 2.06. The fourth-order valence-electron chi connectivity index (χ4n) is 1.96. The van der Waals surface area contributed by atoms with E-state index >= 15 is 0 Å². The van der Waals surface area contributed by atoms with Gasteiger partial charge in [0.15, 0.2) is 0 Å². The van der Waals surface area contributed by atoms with Gasteiger partial charge in [0.25, 0.3) is 0 Å². The average Bonchev–Trinajstić information content (AvgIpc) is 2.90. The van der Waals surface area contributed by atoms with Gasteiger partial charge in [0, 0.05) is 12.1 Å². The molecule has 2 N–H and O–H groups in total. The van der Waals surface area contributed by atoms with Gasteiger partial charge in [-0.05, 0) is 42.0 Å². The van der Waals surface area contributed by atoms with Gasteiger partial charge < -0.3 is 10.5 Å². The predicted octanol–water partition coefficient (Wildman–Crippen LogP) is 3.43. The minimum Gasteiger partial charge on any atom is -0.497 e. The maximum absolute atomic E-state index is 5.65. The normalized spacial score (nSPS) is 10.8. The number of thiazole rings is 1. The van der Waals surface area contributed by atoms with Gasteiger partial charge in [0.1, 0.15) is 10.8 Å². The van der Waals surface area contributed by atoms with Crippen LogP contribution in [0.2, 0.25) is 0 Å². The zero-order chi connectivity index (χ0) is 13.2. The van der Waals surface area contributed by atoms with Crippen molar-refractivity contribution in [2.45, 2.75) is 6.54 Å². The molecule has 3 rings (SSSR count). The van der Waals surface area contributed by atoms with Crippen LogP contribution in [0.25, 0.3) is 20.8 Å². The summed E-state index contributed by atoms with van der Waals surface area (Å²) >= 11 is 1.69. The lowest BCUT2D eigenvalue weighted by Crippen LogP contribution is -1.94. The number of aromatic nitrogens is 1. The van der Waals surface area contributed by atoms with Crippen molar-refractivity contribution >= 4 is 21.6 Å². The molecule has 0 unspecified atom stereocenters. The van der Waals surface area contributed by atoms with Crippen LogP contribution in [-0.2, 0) is 6.54 Å². The third-order valence-corrected chi connectivity index (χ3v) is 4.11. The van der Waals surface area contributed by atoms with Crippen molar-refractivity contribution in [2.75, 3.05) is 7.11 Å². The molecule has 3 aromatic rings. The van der Waals surface area contributed by atoms with E-state index in [1.54, 1.807) is 18.4 Å². The van der Waals surface area contributed by atoms with E-state index in [4.69, 9.17) is 10.5 Å². The first kappa shape index (κ1) is 12.1. The Labute approximate surface area is 115 Å². The lowest BCUT2D eigenvalue weighted by atomic mass is 10.2. The van der Waals surface area contributed by atoms with Crippen LogP contribution in [-0.4, -0.2) is 12.1 Å². The van der Waals surface area contributed by atoms with Crippen molar-refractivity contribution < 1.29 is 4.74 Å². The highest BCUT2D eigenvalue weighted by atomic mass is 32.1. The van der Waals surface area contributed by atoms with Crippen LogP contribution in [0.15, 0.2) is 42.5 Å². The van der Waals surface area contributed by atoms with E-state index in [-0.39, 0.29) is 0 Å². The van der Waals surface area contributed by atoms with Gasteiger partial charge in [-0.2, -0.15) is 0 Å². The van der Waals surface area contributed by atoms with Gasteiger partial charge in [-0.3, -0.25) is 0 Å². The zero-order valence-corrected chi connectivity index (χ0v) is 11.4.